The van der Waals surface area contributed by atoms with Crippen LogP contribution in [0.4, 0.5) is 16.2 Å². The molecule has 0 radical (unpaired) electrons. The molecule has 0 unspecified atom stereocenters. The summed E-state index contributed by atoms with van der Waals surface area (Å²) in [6.07, 6.45) is 0. The Kier molecular flexibility index (Phi) is 3.44. The number of nitro groups is 1. The van der Waals surface area contributed by atoms with Crippen LogP contribution in [0.2, 0.25) is 0 Å². The molecule has 86 valence electrons. The molecule has 0 spiro atoms. The standard InChI is InChI=1S/C10H13N3O3/c1-7-4-5-8(6-9(7)13(15)16)11-10(14)12(2)3/h4-6H,1-3H3,(H,11,14). The highest BCUT2D eigenvalue weighted by atomic mass is 16.6. The van der Waals surface area contributed by atoms with E-state index in [1.165, 1.54) is 11.0 Å². The SMILES string of the molecule is Cc1ccc(NC(=O)N(C)C)cc1[N+](=O)[O-]. The maximum absolute atomic E-state index is 11.3. The number of urea groups is 1. The van der Waals surface area contributed by atoms with Crippen molar-refractivity contribution in [2.24, 2.45) is 0 Å². The average molecular weight is 223 g/mol. The third-order valence-corrected chi connectivity index (χ3v) is 2.06. The van der Waals surface area contributed by atoms with E-state index < -0.39 is 4.92 Å². The summed E-state index contributed by atoms with van der Waals surface area (Å²) in [7, 11) is 3.19. The van der Waals surface area contributed by atoms with Crippen molar-refractivity contribution in [3.05, 3.63) is 33.9 Å². The highest BCUT2D eigenvalue weighted by molar-refractivity contribution is 5.89. The Labute approximate surface area is 93.0 Å². The van der Waals surface area contributed by atoms with E-state index in [9.17, 15) is 14.9 Å². The topological polar surface area (TPSA) is 75.5 Å². The van der Waals surface area contributed by atoms with Crippen molar-refractivity contribution in [3.63, 3.8) is 0 Å². The molecule has 2 amide bonds. The number of nitro benzene ring substituents is 1. The van der Waals surface area contributed by atoms with Gasteiger partial charge >= 0.3 is 6.03 Å². The fraction of sp³-hybridized carbons (Fsp3) is 0.300. The summed E-state index contributed by atoms with van der Waals surface area (Å²) < 4.78 is 0. The van der Waals surface area contributed by atoms with Crippen LogP contribution < -0.4 is 5.32 Å². The number of amides is 2. The van der Waals surface area contributed by atoms with E-state index in [2.05, 4.69) is 5.32 Å². The maximum atomic E-state index is 11.3. The molecule has 0 aliphatic heterocycles. The number of nitrogens with one attached hydrogen (secondary N) is 1. The van der Waals surface area contributed by atoms with Crippen LogP contribution in [0.1, 0.15) is 5.56 Å². The Morgan fingerprint density at radius 1 is 1.44 bits per heavy atom. The lowest BCUT2D eigenvalue weighted by Crippen LogP contribution is -2.27. The molecule has 0 aliphatic carbocycles. The molecule has 1 aromatic rings. The van der Waals surface area contributed by atoms with E-state index in [0.29, 0.717) is 11.3 Å². The zero-order valence-corrected chi connectivity index (χ0v) is 9.35. The number of anilines is 1. The largest absolute Gasteiger partial charge is 0.331 e. The third kappa shape index (κ3) is 2.69. The summed E-state index contributed by atoms with van der Waals surface area (Å²) in [6.45, 7) is 1.65. The smallest absolute Gasteiger partial charge is 0.321 e. The van der Waals surface area contributed by atoms with E-state index >= 15 is 0 Å². The molecule has 0 heterocycles. The van der Waals surface area contributed by atoms with Gasteiger partial charge in [-0.3, -0.25) is 10.1 Å². The van der Waals surface area contributed by atoms with Crippen molar-refractivity contribution in [2.45, 2.75) is 6.92 Å². The van der Waals surface area contributed by atoms with Crippen LogP contribution in [0.25, 0.3) is 0 Å². The second-order valence-corrected chi connectivity index (χ2v) is 3.58. The van der Waals surface area contributed by atoms with Crippen LogP contribution in [-0.4, -0.2) is 29.9 Å². The van der Waals surface area contributed by atoms with Gasteiger partial charge in [0.25, 0.3) is 5.69 Å². The average Bonchev–Trinajstić information content (AvgIpc) is 2.20. The number of benzene rings is 1. The summed E-state index contributed by atoms with van der Waals surface area (Å²) in [5.74, 6) is 0. The van der Waals surface area contributed by atoms with E-state index in [4.69, 9.17) is 0 Å². The highest BCUT2D eigenvalue weighted by Gasteiger charge is 2.12. The number of hydrogen-bond acceptors (Lipinski definition) is 3. The molecule has 0 saturated carbocycles. The van der Waals surface area contributed by atoms with Crippen LogP contribution in [0.15, 0.2) is 18.2 Å². The number of aryl methyl sites for hydroxylation is 1. The van der Waals surface area contributed by atoms with Crippen LogP contribution in [0.3, 0.4) is 0 Å². The molecule has 1 N–H and O–H groups in total. The van der Waals surface area contributed by atoms with Crippen molar-refractivity contribution < 1.29 is 9.72 Å². The molecule has 0 bridgehead atoms. The fourth-order valence-corrected chi connectivity index (χ4v) is 1.12. The molecule has 16 heavy (non-hydrogen) atoms. The van der Waals surface area contributed by atoms with Gasteiger partial charge in [0.1, 0.15) is 0 Å². The maximum Gasteiger partial charge on any atom is 0.321 e. The number of carbonyl (C=O) groups is 1. The van der Waals surface area contributed by atoms with Gasteiger partial charge in [-0.05, 0) is 13.0 Å². The van der Waals surface area contributed by atoms with Crippen LogP contribution in [-0.2, 0) is 0 Å². The Bertz CT molecular complexity index is 429. The zero-order chi connectivity index (χ0) is 12.3. The van der Waals surface area contributed by atoms with Gasteiger partial charge in [0, 0.05) is 31.4 Å². The van der Waals surface area contributed by atoms with E-state index in [1.54, 1.807) is 33.2 Å². The second-order valence-electron chi connectivity index (χ2n) is 3.58. The minimum atomic E-state index is -0.472. The first-order valence-electron chi connectivity index (χ1n) is 4.65. The van der Waals surface area contributed by atoms with Gasteiger partial charge in [-0.1, -0.05) is 6.07 Å². The predicted octanol–water partition coefficient (Wildman–Crippen LogP) is 2.00. The number of nitrogens with zero attached hydrogens (tertiary/aromatic N) is 2. The second kappa shape index (κ2) is 4.61. The van der Waals surface area contributed by atoms with Gasteiger partial charge in [0.2, 0.25) is 0 Å². The van der Waals surface area contributed by atoms with Crippen molar-refractivity contribution in [2.75, 3.05) is 19.4 Å². The summed E-state index contributed by atoms with van der Waals surface area (Å²) >= 11 is 0. The lowest BCUT2D eigenvalue weighted by Gasteiger charge is -2.11. The zero-order valence-electron chi connectivity index (χ0n) is 9.35. The minimum Gasteiger partial charge on any atom is -0.331 e. The summed E-state index contributed by atoms with van der Waals surface area (Å²) in [5, 5.41) is 13.2. The lowest BCUT2D eigenvalue weighted by molar-refractivity contribution is -0.385. The highest BCUT2D eigenvalue weighted by Crippen LogP contribution is 2.22. The van der Waals surface area contributed by atoms with Crippen molar-refractivity contribution in [1.82, 2.24) is 4.90 Å². The Morgan fingerprint density at radius 2 is 2.06 bits per heavy atom. The van der Waals surface area contributed by atoms with Crippen LogP contribution in [0, 0.1) is 17.0 Å². The molecule has 0 aliphatic rings. The van der Waals surface area contributed by atoms with Crippen molar-refractivity contribution >= 4 is 17.4 Å². The fourth-order valence-electron chi connectivity index (χ4n) is 1.12. The van der Waals surface area contributed by atoms with E-state index in [0.717, 1.165) is 0 Å². The van der Waals surface area contributed by atoms with Gasteiger partial charge in [-0.25, -0.2) is 4.79 Å². The summed E-state index contributed by atoms with van der Waals surface area (Å²) in [5.41, 5.74) is 0.973. The number of carbonyl (C=O) groups excluding carboxylic acids is 1. The molecule has 6 heteroatoms. The van der Waals surface area contributed by atoms with E-state index in [-0.39, 0.29) is 11.7 Å². The molecular formula is C10H13N3O3. The molecule has 0 atom stereocenters. The first-order valence-corrected chi connectivity index (χ1v) is 4.65. The van der Waals surface area contributed by atoms with Gasteiger partial charge in [0.15, 0.2) is 0 Å². The first-order chi connectivity index (χ1) is 7.41. The van der Waals surface area contributed by atoms with Gasteiger partial charge in [-0.2, -0.15) is 0 Å². The van der Waals surface area contributed by atoms with Crippen molar-refractivity contribution in [3.8, 4) is 0 Å². The Morgan fingerprint density at radius 3 is 2.56 bits per heavy atom. The Balaban J connectivity index is 2.95. The third-order valence-electron chi connectivity index (χ3n) is 2.06. The number of rotatable bonds is 2. The van der Waals surface area contributed by atoms with Crippen LogP contribution >= 0.6 is 0 Å². The van der Waals surface area contributed by atoms with Gasteiger partial charge < -0.3 is 10.2 Å². The van der Waals surface area contributed by atoms with E-state index in [1.807, 2.05) is 0 Å². The lowest BCUT2D eigenvalue weighted by atomic mass is 10.2. The molecule has 1 aromatic carbocycles. The van der Waals surface area contributed by atoms with Crippen LogP contribution in [0.5, 0.6) is 0 Å². The number of hydrogen-bond donors (Lipinski definition) is 1. The minimum absolute atomic E-state index is 0.00319. The van der Waals surface area contributed by atoms with Gasteiger partial charge in [-0.15, -0.1) is 0 Å². The molecular weight excluding hydrogens is 210 g/mol. The van der Waals surface area contributed by atoms with Crippen molar-refractivity contribution in [1.29, 1.82) is 0 Å². The predicted molar refractivity (Wildman–Crippen MR) is 60.5 cm³/mol. The molecule has 0 fully saturated rings. The quantitative estimate of drug-likeness (QED) is 0.615. The summed E-state index contributed by atoms with van der Waals surface area (Å²) in [4.78, 5) is 22.9. The first kappa shape index (κ1) is 12.0. The molecule has 6 nitrogen and oxygen atoms in total. The Hall–Kier alpha value is -2.11. The monoisotopic (exact) mass is 223 g/mol. The van der Waals surface area contributed by atoms with Gasteiger partial charge in [0.05, 0.1) is 4.92 Å². The molecule has 0 aromatic heterocycles. The normalized spacial score (nSPS) is 9.69. The molecule has 0 saturated heterocycles. The summed E-state index contributed by atoms with van der Waals surface area (Å²) in [6, 6.07) is 4.25. The molecule has 1 rings (SSSR count).